The lowest BCUT2D eigenvalue weighted by atomic mass is 9.84. The van der Waals surface area contributed by atoms with Crippen molar-refractivity contribution in [2.75, 3.05) is 26.2 Å². The number of nitrogens with zero attached hydrogens (tertiary/aromatic N) is 1. The third-order valence-electron chi connectivity index (χ3n) is 7.75. The molecule has 3 rings (SSSR count). The zero-order valence-corrected chi connectivity index (χ0v) is 24.7. The number of Topliss-reactive ketones (excluding diaryl/α,β-unsaturated/α-hetero) is 1. The molecule has 2 atom stereocenters. The van der Waals surface area contributed by atoms with Gasteiger partial charge in [0, 0.05) is 18.4 Å². The van der Waals surface area contributed by atoms with E-state index in [9.17, 15) is 19.2 Å². The third kappa shape index (κ3) is 8.21. The summed E-state index contributed by atoms with van der Waals surface area (Å²) in [6.07, 6.45) is 2.60. The van der Waals surface area contributed by atoms with Gasteiger partial charge in [-0.1, -0.05) is 77.1 Å². The van der Waals surface area contributed by atoms with Crippen LogP contribution in [0.4, 0.5) is 0 Å². The van der Waals surface area contributed by atoms with Crippen molar-refractivity contribution in [3.05, 3.63) is 48.0 Å². The van der Waals surface area contributed by atoms with E-state index in [1.165, 1.54) is 0 Å². The van der Waals surface area contributed by atoms with Gasteiger partial charge in [-0.05, 0) is 67.6 Å². The van der Waals surface area contributed by atoms with Crippen molar-refractivity contribution < 1.29 is 19.2 Å². The number of benzene rings is 2. The highest BCUT2D eigenvalue weighted by Crippen LogP contribution is 2.25. The molecule has 1 heterocycles. The van der Waals surface area contributed by atoms with Gasteiger partial charge in [0.05, 0.1) is 6.04 Å². The number of amides is 3. The number of imide groups is 1. The predicted molar refractivity (Wildman–Crippen MR) is 159 cm³/mol. The van der Waals surface area contributed by atoms with Gasteiger partial charge in [0.1, 0.15) is 6.04 Å². The lowest BCUT2D eigenvalue weighted by molar-refractivity contribution is -0.160. The topological polar surface area (TPSA) is 108 Å². The normalized spacial score (nSPS) is 16.2. The number of fused-ring (bicyclic) bond motifs is 1. The van der Waals surface area contributed by atoms with E-state index in [0.717, 1.165) is 40.7 Å². The number of nitrogens with one attached hydrogen (secondary N) is 3. The summed E-state index contributed by atoms with van der Waals surface area (Å²) in [5.41, 5.74) is -0.144. The Bertz CT molecular complexity index is 1190. The SMILES string of the molecule is CCC(C)(C)C(=O)C(=O)N(C(=O)[C@@H]1CCCN1)[C@H](Cc1ccc2ccccc2c1)C(=O)NCCCNCC(C)C. The van der Waals surface area contributed by atoms with E-state index < -0.39 is 41.0 Å². The zero-order chi connectivity index (χ0) is 29.3. The largest absolute Gasteiger partial charge is 0.354 e. The molecule has 8 nitrogen and oxygen atoms in total. The van der Waals surface area contributed by atoms with Crippen LogP contribution < -0.4 is 16.0 Å². The van der Waals surface area contributed by atoms with Gasteiger partial charge in [-0.3, -0.25) is 24.1 Å². The summed E-state index contributed by atoms with van der Waals surface area (Å²) in [4.78, 5) is 55.8. The van der Waals surface area contributed by atoms with Crippen LogP contribution in [0.1, 0.15) is 65.9 Å². The Hall–Kier alpha value is -3.10. The minimum Gasteiger partial charge on any atom is -0.354 e. The van der Waals surface area contributed by atoms with Gasteiger partial charge in [-0.25, -0.2) is 0 Å². The van der Waals surface area contributed by atoms with Crippen molar-refractivity contribution in [1.82, 2.24) is 20.9 Å². The number of rotatable bonds is 14. The second-order valence-corrected chi connectivity index (χ2v) is 11.9. The van der Waals surface area contributed by atoms with Gasteiger partial charge in [-0.2, -0.15) is 0 Å². The fourth-order valence-corrected chi connectivity index (χ4v) is 4.84. The fraction of sp³-hybridized carbons (Fsp3) is 0.562. The Morgan fingerprint density at radius 1 is 1.05 bits per heavy atom. The smallest absolute Gasteiger partial charge is 0.297 e. The molecular formula is C32H46N4O4. The van der Waals surface area contributed by atoms with E-state index in [1.807, 2.05) is 49.4 Å². The molecule has 0 spiro atoms. The Balaban J connectivity index is 1.93. The van der Waals surface area contributed by atoms with E-state index in [1.54, 1.807) is 13.8 Å². The standard InChI is InChI=1S/C32H46N4O4/c1-6-32(4,5)28(37)31(40)36(30(39)26-13-9-17-34-26)27(29(38)35-18-10-16-33-21-22(2)3)20-23-14-15-24-11-7-8-12-25(24)19-23/h7-8,11-12,14-15,19,22,26-27,33-34H,6,9-10,13,16-18,20-21H2,1-5H3,(H,35,38)/t26-,27+/m0/s1. The summed E-state index contributed by atoms with van der Waals surface area (Å²) in [7, 11) is 0. The van der Waals surface area contributed by atoms with Crippen LogP contribution in [0.2, 0.25) is 0 Å². The van der Waals surface area contributed by atoms with E-state index in [4.69, 9.17) is 0 Å². The lowest BCUT2D eigenvalue weighted by Crippen LogP contribution is -2.60. The Labute approximate surface area is 238 Å². The molecule has 0 aliphatic carbocycles. The maximum atomic E-state index is 13.8. The van der Waals surface area contributed by atoms with Crippen molar-refractivity contribution in [3.8, 4) is 0 Å². The molecule has 1 saturated heterocycles. The molecular weight excluding hydrogens is 504 g/mol. The van der Waals surface area contributed by atoms with E-state index >= 15 is 0 Å². The lowest BCUT2D eigenvalue weighted by Gasteiger charge is -2.33. The summed E-state index contributed by atoms with van der Waals surface area (Å²) in [6.45, 7) is 12.2. The van der Waals surface area contributed by atoms with Crippen LogP contribution in [-0.2, 0) is 25.6 Å². The molecule has 0 bridgehead atoms. The molecule has 3 N–H and O–H groups in total. The molecule has 40 heavy (non-hydrogen) atoms. The first-order valence-corrected chi connectivity index (χ1v) is 14.7. The molecule has 0 saturated carbocycles. The maximum Gasteiger partial charge on any atom is 0.297 e. The molecule has 0 unspecified atom stereocenters. The molecule has 218 valence electrons. The monoisotopic (exact) mass is 550 g/mol. The van der Waals surface area contributed by atoms with Crippen molar-refractivity contribution in [2.45, 2.75) is 78.8 Å². The Morgan fingerprint density at radius 2 is 1.77 bits per heavy atom. The van der Waals surface area contributed by atoms with Gasteiger partial charge in [0.15, 0.2) is 0 Å². The highest BCUT2D eigenvalue weighted by molar-refractivity contribution is 6.41. The number of carbonyl (C=O) groups excluding carboxylic acids is 4. The van der Waals surface area contributed by atoms with Crippen molar-refractivity contribution in [3.63, 3.8) is 0 Å². The molecule has 8 heteroatoms. The van der Waals surface area contributed by atoms with Gasteiger partial charge < -0.3 is 16.0 Å². The summed E-state index contributed by atoms with van der Waals surface area (Å²) >= 11 is 0. The second kappa shape index (κ2) is 14.5. The summed E-state index contributed by atoms with van der Waals surface area (Å²) in [5, 5.41) is 11.5. The van der Waals surface area contributed by atoms with Crippen LogP contribution in [0, 0.1) is 11.3 Å². The average molecular weight is 551 g/mol. The van der Waals surface area contributed by atoms with Gasteiger partial charge >= 0.3 is 0 Å². The molecule has 1 aliphatic heterocycles. The number of hydrogen-bond donors (Lipinski definition) is 3. The molecule has 0 aromatic heterocycles. The number of hydrogen-bond acceptors (Lipinski definition) is 6. The fourth-order valence-electron chi connectivity index (χ4n) is 4.84. The van der Waals surface area contributed by atoms with Crippen molar-refractivity contribution >= 4 is 34.3 Å². The maximum absolute atomic E-state index is 13.8. The Morgan fingerprint density at radius 3 is 2.42 bits per heavy atom. The molecule has 2 aromatic rings. The van der Waals surface area contributed by atoms with E-state index in [-0.39, 0.29) is 6.42 Å². The van der Waals surface area contributed by atoms with Gasteiger partial charge in [-0.15, -0.1) is 0 Å². The third-order valence-corrected chi connectivity index (χ3v) is 7.75. The summed E-state index contributed by atoms with van der Waals surface area (Å²) < 4.78 is 0. The number of carbonyl (C=O) groups is 4. The highest BCUT2D eigenvalue weighted by atomic mass is 16.2. The molecule has 1 fully saturated rings. The Kier molecular flexibility index (Phi) is 11.4. The first-order chi connectivity index (χ1) is 19.0. The first-order valence-electron chi connectivity index (χ1n) is 14.7. The van der Waals surface area contributed by atoms with Crippen LogP contribution in [-0.4, -0.2) is 66.7 Å². The highest BCUT2D eigenvalue weighted by Gasteiger charge is 2.44. The second-order valence-electron chi connectivity index (χ2n) is 11.9. The van der Waals surface area contributed by atoms with Crippen LogP contribution in [0.5, 0.6) is 0 Å². The predicted octanol–water partition coefficient (Wildman–Crippen LogP) is 3.62. The van der Waals surface area contributed by atoms with Crippen LogP contribution in [0.25, 0.3) is 10.8 Å². The molecule has 0 radical (unpaired) electrons. The van der Waals surface area contributed by atoms with Crippen molar-refractivity contribution in [2.24, 2.45) is 11.3 Å². The molecule has 1 aliphatic rings. The first kappa shape index (κ1) is 31.4. The minimum atomic E-state index is -1.15. The number of ketones is 1. The van der Waals surface area contributed by atoms with E-state index in [0.29, 0.717) is 38.3 Å². The summed E-state index contributed by atoms with van der Waals surface area (Å²) in [6, 6.07) is 12.0. The summed E-state index contributed by atoms with van der Waals surface area (Å²) in [5.74, 6) is -1.98. The minimum absolute atomic E-state index is 0.117. The molecule has 3 amide bonds. The average Bonchev–Trinajstić information content (AvgIpc) is 3.48. The van der Waals surface area contributed by atoms with Crippen LogP contribution >= 0.6 is 0 Å². The van der Waals surface area contributed by atoms with Crippen LogP contribution in [0.15, 0.2) is 42.5 Å². The van der Waals surface area contributed by atoms with Gasteiger partial charge in [0.2, 0.25) is 17.6 Å². The van der Waals surface area contributed by atoms with E-state index in [2.05, 4.69) is 29.8 Å². The van der Waals surface area contributed by atoms with Crippen LogP contribution in [0.3, 0.4) is 0 Å². The van der Waals surface area contributed by atoms with Crippen molar-refractivity contribution in [1.29, 1.82) is 0 Å². The quantitative estimate of drug-likeness (QED) is 0.245. The molecule has 2 aromatic carbocycles. The van der Waals surface area contributed by atoms with Gasteiger partial charge in [0.25, 0.3) is 5.91 Å². The zero-order valence-electron chi connectivity index (χ0n) is 24.7.